The van der Waals surface area contributed by atoms with Crippen LogP contribution in [-0.2, 0) is 18.9 Å². The highest BCUT2D eigenvalue weighted by molar-refractivity contribution is 5.93. The van der Waals surface area contributed by atoms with Gasteiger partial charge in [-0.1, -0.05) is 58.4 Å². The maximum Gasteiger partial charge on any atom is 0.433 e. The Morgan fingerprint density at radius 1 is 0.756 bits per heavy atom. The molecular weight excluding hydrogens is 594 g/mol. The van der Waals surface area contributed by atoms with E-state index < -0.39 is 23.6 Å². The summed E-state index contributed by atoms with van der Waals surface area (Å²) in [5, 5.41) is 3.55. The second kappa shape index (κ2) is 15.5. The molecule has 0 saturated heterocycles. The molecule has 0 aliphatic rings. The maximum absolute atomic E-state index is 13.8. The molecule has 0 spiro atoms. The van der Waals surface area contributed by atoms with Crippen LogP contribution in [0.1, 0.15) is 82.3 Å². The number of fused-ring (bicyclic) bond motifs is 1. The van der Waals surface area contributed by atoms with Crippen molar-refractivity contribution in [3.63, 3.8) is 0 Å². The molecule has 1 aromatic carbocycles. The van der Waals surface area contributed by atoms with Gasteiger partial charge >= 0.3 is 12.4 Å². The number of halogens is 6. The van der Waals surface area contributed by atoms with E-state index in [-0.39, 0.29) is 16.9 Å². The first-order chi connectivity index (χ1) is 21.5. The first-order valence-corrected chi connectivity index (χ1v) is 15.4. The van der Waals surface area contributed by atoms with Gasteiger partial charge in [-0.2, -0.15) is 26.3 Å². The van der Waals surface area contributed by atoms with Gasteiger partial charge < -0.3 is 5.32 Å². The predicted octanol–water partition coefficient (Wildman–Crippen LogP) is 9.83. The van der Waals surface area contributed by atoms with Crippen LogP contribution in [-0.4, -0.2) is 37.9 Å². The molecular formula is C33H38F6N6. The monoisotopic (exact) mass is 632 g/mol. The van der Waals surface area contributed by atoms with Crippen molar-refractivity contribution in [2.24, 2.45) is 0 Å². The lowest BCUT2D eigenvalue weighted by molar-refractivity contribution is -0.141. The van der Waals surface area contributed by atoms with Crippen LogP contribution >= 0.6 is 0 Å². The lowest BCUT2D eigenvalue weighted by atomic mass is 10.0. The highest BCUT2D eigenvalue weighted by Crippen LogP contribution is 2.37. The zero-order valence-electron chi connectivity index (χ0n) is 25.5. The van der Waals surface area contributed by atoms with Crippen LogP contribution in [0.2, 0.25) is 0 Å². The van der Waals surface area contributed by atoms with E-state index in [0.717, 1.165) is 82.8 Å². The van der Waals surface area contributed by atoms with Crippen LogP contribution in [0.15, 0.2) is 54.9 Å². The minimum atomic E-state index is -4.60. The van der Waals surface area contributed by atoms with Crippen molar-refractivity contribution in [2.75, 3.05) is 18.4 Å². The number of hydrogen-bond donors (Lipinski definition) is 1. The maximum atomic E-state index is 13.8. The van der Waals surface area contributed by atoms with Gasteiger partial charge in [-0.3, -0.25) is 9.88 Å². The Labute approximate surface area is 259 Å². The molecule has 0 unspecified atom stereocenters. The molecule has 0 saturated carbocycles. The number of unbranched alkanes of at least 4 members (excludes halogenated alkanes) is 6. The second-order valence-electron chi connectivity index (χ2n) is 11.1. The van der Waals surface area contributed by atoms with Gasteiger partial charge in [-0.25, -0.2) is 15.0 Å². The summed E-state index contributed by atoms with van der Waals surface area (Å²) in [5.41, 5.74) is -1.21. The van der Waals surface area contributed by atoms with Crippen molar-refractivity contribution in [3.8, 4) is 11.3 Å². The summed E-state index contributed by atoms with van der Waals surface area (Å²) in [4.78, 5) is 19.4. The number of benzene rings is 1. The standard InChI is InChI=1S/C33H38F6N6/c1-3-5-7-9-18-45(19-10-8-6-4-2)22-29-43-27-20-23(30-26(32(34,35)36)12-11-17-40-30)13-15-25(27)31(44-29)42-24-14-16-28(41-21-24)33(37,38)39/h11-17,20-21H,3-10,18-19,22H2,1-2H3,(H,42,43,44). The summed E-state index contributed by atoms with van der Waals surface area (Å²) in [5.74, 6) is 0.766. The smallest absolute Gasteiger partial charge is 0.338 e. The SMILES string of the molecule is CCCCCCN(CCCCCC)Cc1nc(Nc2ccc(C(F)(F)F)nc2)c2ccc(-c3ncccc3C(F)(F)F)cc2n1. The summed E-state index contributed by atoms with van der Waals surface area (Å²) in [7, 11) is 0. The molecule has 0 fully saturated rings. The molecule has 0 radical (unpaired) electrons. The molecule has 1 N–H and O–H groups in total. The first-order valence-electron chi connectivity index (χ1n) is 15.4. The molecule has 6 nitrogen and oxygen atoms in total. The van der Waals surface area contributed by atoms with E-state index in [2.05, 4.69) is 34.0 Å². The molecule has 4 rings (SSSR count). The molecule has 0 aliphatic carbocycles. The number of nitrogens with one attached hydrogen (secondary N) is 1. The third-order valence-corrected chi connectivity index (χ3v) is 7.47. The number of alkyl halides is 6. The number of aromatic nitrogens is 4. The number of nitrogens with zero attached hydrogens (tertiary/aromatic N) is 5. The van der Waals surface area contributed by atoms with Gasteiger partial charge in [0.05, 0.1) is 35.2 Å². The Kier molecular flexibility index (Phi) is 11.7. The molecule has 12 heteroatoms. The molecule has 45 heavy (non-hydrogen) atoms. The van der Waals surface area contributed by atoms with Gasteiger partial charge in [0.2, 0.25) is 0 Å². The third-order valence-electron chi connectivity index (χ3n) is 7.47. The lowest BCUT2D eigenvalue weighted by Gasteiger charge is -2.22. The van der Waals surface area contributed by atoms with Gasteiger partial charge in [0.1, 0.15) is 17.3 Å². The molecule has 4 aromatic rings. The molecule has 3 aromatic heterocycles. The molecule has 0 aliphatic heterocycles. The van der Waals surface area contributed by atoms with E-state index in [1.165, 1.54) is 24.4 Å². The van der Waals surface area contributed by atoms with E-state index in [1.54, 1.807) is 12.1 Å². The summed E-state index contributed by atoms with van der Waals surface area (Å²) in [6, 6.07) is 9.00. The van der Waals surface area contributed by atoms with E-state index in [1.807, 2.05) is 0 Å². The van der Waals surface area contributed by atoms with Crippen LogP contribution in [0.4, 0.5) is 37.8 Å². The number of hydrogen-bond acceptors (Lipinski definition) is 6. The van der Waals surface area contributed by atoms with Crippen molar-refractivity contribution >= 4 is 22.4 Å². The van der Waals surface area contributed by atoms with Crippen LogP contribution in [0.25, 0.3) is 22.2 Å². The minimum Gasteiger partial charge on any atom is -0.338 e. The Bertz CT molecular complexity index is 1510. The van der Waals surface area contributed by atoms with Crippen LogP contribution in [0.5, 0.6) is 0 Å². The first kappa shape index (κ1) is 34.1. The fourth-order valence-electron chi connectivity index (χ4n) is 5.12. The number of anilines is 2. The predicted molar refractivity (Wildman–Crippen MR) is 164 cm³/mol. The Balaban J connectivity index is 1.74. The average molecular weight is 633 g/mol. The molecule has 3 heterocycles. The van der Waals surface area contributed by atoms with Gasteiger partial charge in [0, 0.05) is 17.1 Å². The summed E-state index contributed by atoms with van der Waals surface area (Å²) < 4.78 is 80.7. The Morgan fingerprint density at radius 2 is 1.47 bits per heavy atom. The topological polar surface area (TPSA) is 66.8 Å². The van der Waals surface area contributed by atoms with Crippen LogP contribution in [0, 0.1) is 0 Å². The van der Waals surface area contributed by atoms with Gasteiger partial charge in [0.15, 0.2) is 0 Å². The van der Waals surface area contributed by atoms with E-state index in [9.17, 15) is 26.3 Å². The van der Waals surface area contributed by atoms with Crippen molar-refractivity contribution < 1.29 is 26.3 Å². The minimum absolute atomic E-state index is 0.220. The highest BCUT2D eigenvalue weighted by Gasteiger charge is 2.34. The zero-order valence-corrected chi connectivity index (χ0v) is 25.5. The Hall–Kier alpha value is -3.80. The lowest BCUT2D eigenvalue weighted by Crippen LogP contribution is -2.27. The van der Waals surface area contributed by atoms with E-state index in [0.29, 0.717) is 29.1 Å². The van der Waals surface area contributed by atoms with E-state index in [4.69, 9.17) is 9.97 Å². The van der Waals surface area contributed by atoms with Crippen LogP contribution < -0.4 is 5.32 Å². The molecule has 0 amide bonds. The molecule has 0 bridgehead atoms. The van der Waals surface area contributed by atoms with Crippen LogP contribution in [0.3, 0.4) is 0 Å². The summed E-state index contributed by atoms with van der Waals surface area (Å²) >= 11 is 0. The molecule has 0 atom stereocenters. The zero-order chi connectivity index (χ0) is 32.5. The van der Waals surface area contributed by atoms with Crippen molar-refractivity contribution in [1.29, 1.82) is 0 Å². The summed E-state index contributed by atoms with van der Waals surface area (Å²) in [6.45, 7) is 6.42. The van der Waals surface area contributed by atoms with Crippen molar-refractivity contribution in [3.05, 3.63) is 71.9 Å². The summed E-state index contributed by atoms with van der Waals surface area (Å²) in [6.07, 6.45) is 1.94. The normalized spacial score (nSPS) is 12.3. The largest absolute Gasteiger partial charge is 0.433 e. The number of pyridine rings is 2. The van der Waals surface area contributed by atoms with Gasteiger partial charge in [-0.15, -0.1) is 0 Å². The second-order valence-corrected chi connectivity index (χ2v) is 11.1. The average Bonchev–Trinajstić information content (AvgIpc) is 3.00. The van der Waals surface area contributed by atoms with Crippen molar-refractivity contribution in [1.82, 2.24) is 24.8 Å². The fourth-order valence-corrected chi connectivity index (χ4v) is 5.12. The van der Waals surface area contributed by atoms with E-state index >= 15 is 0 Å². The Morgan fingerprint density at radius 3 is 2.07 bits per heavy atom. The van der Waals surface area contributed by atoms with Gasteiger partial charge in [-0.05, 0) is 62.3 Å². The molecule has 242 valence electrons. The van der Waals surface area contributed by atoms with Gasteiger partial charge in [0.25, 0.3) is 0 Å². The fraction of sp³-hybridized carbons (Fsp3) is 0.455. The van der Waals surface area contributed by atoms with Crippen molar-refractivity contribution in [2.45, 2.75) is 84.1 Å². The quantitative estimate of drug-likeness (QED) is 0.104. The third kappa shape index (κ3) is 9.59. The number of rotatable bonds is 15. The highest BCUT2D eigenvalue weighted by atomic mass is 19.4.